The summed E-state index contributed by atoms with van der Waals surface area (Å²) >= 11 is 1.51. The van der Waals surface area contributed by atoms with Gasteiger partial charge >= 0.3 is 0 Å². The Labute approximate surface area is 143 Å². The molecule has 2 aromatic carbocycles. The molecule has 0 aliphatic rings. The van der Waals surface area contributed by atoms with Crippen LogP contribution in [0.25, 0.3) is 32.7 Å². The molecule has 0 aliphatic carbocycles. The van der Waals surface area contributed by atoms with E-state index in [2.05, 4.69) is 42.0 Å². The number of benzene rings is 2. The molecule has 0 radical (unpaired) electrons. The van der Waals surface area contributed by atoms with Crippen molar-refractivity contribution in [2.75, 3.05) is 0 Å². The summed E-state index contributed by atoms with van der Waals surface area (Å²) in [5, 5.41) is 2.70. The number of H-pyrrole nitrogens is 1. The maximum absolute atomic E-state index is 12.7. The van der Waals surface area contributed by atoms with Crippen LogP contribution in [-0.2, 0) is 0 Å². The maximum Gasteiger partial charge on any atom is 0.260 e. The number of nitrogens with one attached hydrogen (secondary N) is 1. The summed E-state index contributed by atoms with van der Waals surface area (Å²) in [5.74, 6) is 0.613. The average molecular weight is 332 g/mol. The molecule has 0 fully saturated rings. The summed E-state index contributed by atoms with van der Waals surface area (Å²) in [6, 6.07) is 16.0. The van der Waals surface area contributed by atoms with Gasteiger partial charge in [0.25, 0.3) is 5.56 Å². The van der Waals surface area contributed by atoms with E-state index in [9.17, 15) is 4.79 Å². The highest BCUT2D eigenvalue weighted by atomic mass is 32.1. The Hall–Kier alpha value is -2.72. The number of aryl methyl sites for hydroxylation is 2. The van der Waals surface area contributed by atoms with Crippen LogP contribution in [0.1, 0.15) is 11.1 Å². The Balaban J connectivity index is 1.93. The molecule has 1 N–H and O–H groups in total. The third kappa shape index (κ3) is 2.45. The number of thiophene rings is 1. The zero-order chi connectivity index (χ0) is 16.7. The molecule has 0 bridgehead atoms. The van der Waals surface area contributed by atoms with Gasteiger partial charge in [-0.2, -0.15) is 0 Å². The van der Waals surface area contributed by atoms with Crippen LogP contribution < -0.4 is 5.56 Å². The summed E-state index contributed by atoms with van der Waals surface area (Å²) < 4.78 is 0. The predicted molar refractivity (Wildman–Crippen MR) is 101 cm³/mol. The molecule has 2 aromatic heterocycles. The number of nitrogens with zero attached hydrogens (tertiary/aromatic N) is 1. The van der Waals surface area contributed by atoms with Gasteiger partial charge in [-0.3, -0.25) is 4.79 Å². The zero-order valence-corrected chi connectivity index (χ0v) is 14.3. The van der Waals surface area contributed by atoms with E-state index in [1.54, 1.807) is 0 Å². The van der Waals surface area contributed by atoms with Crippen LogP contribution in [-0.4, -0.2) is 9.97 Å². The quantitative estimate of drug-likeness (QED) is 0.565. The predicted octanol–water partition coefficient (Wildman–Crippen LogP) is 4.94. The number of rotatable bonds is 2. The van der Waals surface area contributed by atoms with E-state index < -0.39 is 0 Å². The molecule has 0 saturated carbocycles. The minimum Gasteiger partial charge on any atom is -0.306 e. The minimum absolute atomic E-state index is 0.0879. The Morgan fingerprint density at radius 1 is 1.00 bits per heavy atom. The van der Waals surface area contributed by atoms with Gasteiger partial charge in [0.1, 0.15) is 10.7 Å². The van der Waals surface area contributed by atoms with Crippen LogP contribution >= 0.6 is 11.3 Å². The number of fused-ring (bicyclic) bond motifs is 1. The van der Waals surface area contributed by atoms with Crippen molar-refractivity contribution in [3.8, 4) is 22.5 Å². The van der Waals surface area contributed by atoms with Crippen molar-refractivity contribution in [3.05, 3.63) is 75.4 Å². The van der Waals surface area contributed by atoms with Gasteiger partial charge in [-0.05, 0) is 25.0 Å². The fraction of sp³-hybridized carbons (Fsp3) is 0.100. The zero-order valence-electron chi connectivity index (χ0n) is 13.5. The van der Waals surface area contributed by atoms with Gasteiger partial charge < -0.3 is 4.98 Å². The van der Waals surface area contributed by atoms with Crippen molar-refractivity contribution in [2.24, 2.45) is 0 Å². The lowest BCUT2D eigenvalue weighted by molar-refractivity contribution is 1.19. The Morgan fingerprint density at radius 2 is 1.79 bits per heavy atom. The van der Waals surface area contributed by atoms with Crippen LogP contribution in [0.4, 0.5) is 0 Å². The van der Waals surface area contributed by atoms with Crippen molar-refractivity contribution < 1.29 is 0 Å². The number of aromatic nitrogens is 2. The van der Waals surface area contributed by atoms with Gasteiger partial charge in [0.2, 0.25) is 0 Å². The first-order chi connectivity index (χ1) is 11.6. The van der Waals surface area contributed by atoms with Gasteiger partial charge in [0.15, 0.2) is 0 Å². The molecular weight excluding hydrogens is 316 g/mol. The van der Waals surface area contributed by atoms with Gasteiger partial charge in [-0.25, -0.2) is 4.98 Å². The Kier molecular flexibility index (Phi) is 3.54. The van der Waals surface area contributed by atoms with Gasteiger partial charge in [0.05, 0.1) is 5.39 Å². The van der Waals surface area contributed by atoms with Crippen molar-refractivity contribution in [3.63, 3.8) is 0 Å². The third-order valence-electron chi connectivity index (χ3n) is 4.16. The fourth-order valence-electron chi connectivity index (χ4n) is 3.00. The Morgan fingerprint density at radius 3 is 2.54 bits per heavy atom. The highest BCUT2D eigenvalue weighted by molar-refractivity contribution is 7.17. The number of hydrogen-bond acceptors (Lipinski definition) is 3. The molecule has 0 unspecified atom stereocenters. The van der Waals surface area contributed by atoms with Crippen LogP contribution in [0.15, 0.2) is 58.7 Å². The molecule has 4 rings (SSSR count). The van der Waals surface area contributed by atoms with Crippen molar-refractivity contribution >= 4 is 21.6 Å². The highest BCUT2D eigenvalue weighted by Crippen LogP contribution is 2.33. The van der Waals surface area contributed by atoms with Crippen LogP contribution in [0.5, 0.6) is 0 Å². The van der Waals surface area contributed by atoms with E-state index in [0.29, 0.717) is 11.2 Å². The Bertz CT molecular complexity index is 1090. The first-order valence-electron chi connectivity index (χ1n) is 7.78. The lowest BCUT2D eigenvalue weighted by Gasteiger charge is -2.06. The lowest BCUT2D eigenvalue weighted by Crippen LogP contribution is -2.09. The highest BCUT2D eigenvalue weighted by Gasteiger charge is 2.14. The molecule has 3 nitrogen and oxygen atoms in total. The second kappa shape index (κ2) is 5.73. The molecule has 24 heavy (non-hydrogen) atoms. The molecule has 0 amide bonds. The van der Waals surface area contributed by atoms with Crippen LogP contribution in [0, 0.1) is 13.8 Å². The van der Waals surface area contributed by atoms with E-state index in [-0.39, 0.29) is 5.56 Å². The van der Waals surface area contributed by atoms with Crippen LogP contribution in [0.2, 0.25) is 0 Å². The smallest absolute Gasteiger partial charge is 0.260 e. The third-order valence-corrected chi connectivity index (χ3v) is 5.04. The van der Waals surface area contributed by atoms with E-state index >= 15 is 0 Å². The first kappa shape index (κ1) is 14.8. The van der Waals surface area contributed by atoms with Gasteiger partial charge in [-0.15, -0.1) is 11.3 Å². The molecule has 0 saturated heterocycles. The van der Waals surface area contributed by atoms with E-state index in [1.807, 2.05) is 35.7 Å². The number of aromatic amines is 1. The molecule has 0 aliphatic heterocycles. The van der Waals surface area contributed by atoms with Gasteiger partial charge in [-0.1, -0.05) is 54.1 Å². The molecule has 2 heterocycles. The SMILES string of the molecule is Cc1ccc(-c2csc3nc(-c4ccccc4)[nH]c(=O)c23)c(C)c1. The van der Waals surface area contributed by atoms with E-state index in [1.165, 1.54) is 22.5 Å². The molecule has 0 atom stereocenters. The van der Waals surface area contributed by atoms with Crippen molar-refractivity contribution in [1.82, 2.24) is 9.97 Å². The average Bonchev–Trinajstić information content (AvgIpc) is 3.00. The summed E-state index contributed by atoms with van der Waals surface area (Å²) in [4.78, 5) is 21.1. The van der Waals surface area contributed by atoms with E-state index in [4.69, 9.17) is 0 Å². The molecule has 118 valence electrons. The van der Waals surface area contributed by atoms with Gasteiger partial charge in [0, 0.05) is 16.5 Å². The summed E-state index contributed by atoms with van der Waals surface area (Å²) in [5.41, 5.74) is 5.26. The van der Waals surface area contributed by atoms with Crippen molar-refractivity contribution in [1.29, 1.82) is 0 Å². The largest absolute Gasteiger partial charge is 0.306 e. The lowest BCUT2D eigenvalue weighted by atomic mass is 9.99. The normalized spacial score (nSPS) is 11.1. The monoisotopic (exact) mass is 332 g/mol. The molecule has 0 spiro atoms. The number of hydrogen-bond donors (Lipinski definition) is 1. The molecular formula is C20H16N2OS. The van der Waals surface area contributed by atoms with Crippen molar-refractivity contribution in [2.45, 2.75) is 13.8 Å². The second-order valence-electron chi connectivity index (χ2n) is 5.93. The summed E-state index contributed by atoms with van der Waals surface area (Å²) in [7, 11) is 0. The first-order valence-corrected chi connectivity index (χ1v) is 8.66. The second-order valence-corrected chi connectivity index (χ2v) is 6.79. The summed E-state index contributed by atoms with van der Waals surface area (Å²) in [6.07, 6.45) is 0. The maximum atomic E-state index is 12.7. The molecule has 4 aromatic rings. The fourth-order valence-corrected chi connectivity index (χ4v) is 3.93. The standard InChI is InChI=1S/C20H16N2OS/c1-12-8-9-15(13(2)10-12)16-11-24-20-17(16)19(23)21-18(22-20)14-6-4-3-5-7-14/h3-11H,1-2H3,(H,21,22,23). The van der Waals surface area contributed by atoms with E-state index in [0.717, 1.165) is 21.5 Å². The summed E-state index contributed by atoms with van der Waals surface area (Å²) in [6.45, 7) is 4.15. The van der Waals surface area contributed by atoms with Crippen LogP contribution in [0.3, 0.4) is 0 Å². The molecule has 4 heteroatoms. The topological polar surface area (TPSA) is 45.8 Å². The minimum atomic E-state index is -0.0879.